The van der Waals surface area contributed by atoms with Crippen molar-refractivity contribution in [2.75, 3.05) is 18.5 Å². The average Bonchev–Trinajstić information content (AvgIpc) is 2.76. The molecule has 0 bridgehead atoms. The van der Waals surface area contributed by atoms with Crippen LogP contribution in [0.4, 0.5) is 5.69 Å². The highest BCUT2D eigenvalue weighted by Crippen LogP contribution is 2.27. The van der Waals surface area contributed by atoms with E-state index in [1.54, 1.807) is 0 Å². The monoisotopic (exact) mass is 274 g/mol. The molecule has 1 aliphatic carbocycles. The van der Waals surface area contributed by atoms with Gasteiger partial charge < -0.3 is 10.2 Å². The molecule has 0 amide bonds. The first-order valence-electron chi connectivity index (χ1n) is 8.34. The summed E-state index contributed by atoms with van der Waals surface area (Å²) >= 11 is 0. The molecule has 2 rings (SSSR count). The van der Waals surface area contributed by atoms with Crippen LogP contribution in [0.5, 0.6) is 0 Å². The van der Waals surface area contributed by atoms with Gasteiger partial charge in [0.1, 0.15) is 0 Å². The number of nitrogens with zero attached hydrogens (tertiary/aromatic N) is 1. The molecule has 0 spiro atoms. The summed E-state index contributed by atoms with van der Waals surface area (Å²) in [5, 5.41) is 3.54. The van der Waals surface area contributed by atoms with Gasteiger partial charge in [-0.15, -0.1) is 0 Å². The summed E-state index contributed by atoms with van der Waals surface area (Å²) in [7, 11) is 2.29. The Balaban J connectivity index is 2.05. The summed E-state index contributed by atoms with van der Waals surface area (Å²) in [4.78, 5) is 2.54. The predicted molar refractivity (Wildman–Crippen MR) is 88.3 cm³/mol. The fourth-order valence-corrected chi connectivity index (χ4v) is 3.25. The molecule has 0 saturated heterocycles. The standard InChI is InChI=1S/C18H30N2/c1-3-14-19-15-16-10-8-9-13-18(16)20(2)17-11-6-4-5-7-12-17/h8-10,13,17,19H,3-7,11-12,14-15H2,1-2H3. The third-order valence-electron chi connectivity index (χ3n) is 4.49. The third kappa shape index (κ3) is 4.24. The molecule has 1 aromatic carbocycles. The summed E-state index contributed by atoms with van der Waals surface area (Å²) in [5.74, 6) is 0. The van der Waals surface area contributed by atoms with Crippen molar-refractivity contribution in [1.82, 2.24) is 5.32 Å². The van der Waals surface area contributed by atoms with Crippen LogP contribution in [0.2, 0.25) is 0 Å². The van der Waals surface area contributed by atoms with Gasteiger partial charge in [0.15, 0.2) is 0 Å². The Morgan fingerprint density at radius 1 is 1.10 bits per heavy atom. The van der Waals surface area contributed by atoms with Crippen molar-refractivity contribution >= 4 is 5.69 Å². The maximum absolute atomic E-state index is 3.54. The van der Waals surface area contributed by atoms with E-state index in [2.05, 4.69) is 48.5 Å². The van der Waals surface area contributed by atoms with Crippen LogP contribution in [0.3, 0.4) is 0 Å². The van der Waals surface area contributed by atoms with Gasteiger partial charge in [-0.1, -0.05) is 50.8 Å². The van der Waals surface area contributed by atoms with Crippen molar-refractivity contribution in [3.8, 4) is 0 Å². The highest BCUT2D eigenvalue weighted by Gasteiger charge is 2.18. The van der Waals surface area contributed by atoms with E-state index >= 15 is 0 Å². The quantitative estimate of drug-likeness (QED) is 0.613. The van der Waals surface area contributed by atoms with Crippen LogP contribution in [-0.2, 0) is 6.54 Å². The lowest BCUT2D eigenvalue weighted by molar-refractivity contribution is 0.550. The Bertz CT molecular complexity index is 381. The van der Waals surface area contributed by atoms with Crippen LogP contribution < -0.4 is 10.2 Å². The largest absolute Gasteiger partial charge is 0.371 e. The first-order valence-corrected chi connectivity index (χ1v) is 8.34. The summed E-state index contributed by atoms with van der Waals surface area (Å²) in [6, 6.07) is 9.61. The van der Waals surface area contributed by atoms with E-state index in [1.807, 2.05) is 0 Å². The molecule has 0 atom stereocenters. The molecule has 0 radical (unpaired) electrons. The lowest BCUT2D eigenvalue weighted by atomic mass is 10.0. The van der Waals surface area contributed by atoms with Gasteiger partial charge in [0.25, 0.3) is 0 Å². The number of para-hydroxylation sites is 1. The minimum absolute atomic E-state index is 0.727. The van der Waals surface area contributed by atoms with Crippen molar-refractivity contribution in [3.05, 3.63) is 29.8 Å². The van der Waals surface area contributed by atoms with Gasteiger partial charge in [0.2, 0.25) is 0 Å². The van der Waals surface area contributed by atoms with E-state index in [0.717, 1.165) is 19.1 Å². The predicted octanol–water partition coefficient (Wildman–Crippen LogP) is 4.35. The van der Waals surface area contributed by atoms with Crippen LogP contribution in [-0.4, -0.2) is 19.6 Å². The Kier molecular flexibility index (Phi) is 6.38. The second-order valence-electron chi connectivity index (χ2n) is 6.06. The van der Waals surface area contributed by atoms with Crippen molar-refractivity contribution in [1.29, 1.82) is 0 Å². The maximum Gasteiger partial charge on any atom is 0.0411 e. The van der Waals surface area contributed by atoms with Gasteiger partial charge in [0.05, 0.1) is 0 Å². The van der Waals surface area contributed by atoms with Gasteiger partial charge in [-0.05, 0) is 37.4 Å². The first-order chi connectivity index (χ1) is 9.83. The minimum atomic E-state index is 0.727. The van der Waals surface area contributed by atoms with Crippen LogP contribution >= 0.6 is 0 Å². The van der Waals surface area contributed by atoms with Crippen LogP contribution in [0.25, 0.3) is 0 Å². The van der Waals surface area contributed by atoms with Gasteiger partial charge in [-0.2, -0.15) is 0 Å². The summed E-state index contributed by atoms with van der Waals surface area (Å²) in [6.45, 7) is 4.30. The fourth-order valence-electron chi connectivity index (χ4n) is 3.25. The van der Waals surface area contributed by atoms with Crippen molar-refractivity contribution in [3.63, 3.8) is 0 Å². The number of hydrogen-bond acceptors (Lipinski definition) is 2. The molecule has 1 fully saturated rings. The average molecular weight is 274 g/mol. The molecule has 2 heteroatoms. The topological polar surface area (TPSA) is 15.3 Å². The molecule has 1 N–H and O–H groups in total. The van der Waals surface area contributed by atoms with Gasteiger partial charge >= 0.3 is 0 Å². The molecule has 1 aromatic rings. The molecule has 0 aliphatic heterocycles. The molecule has 2 nitrogen and oxygen atoms in total. The number of rotatable bonds is 6. The minimum Gasteiger partial charge on any atom is -0.371 e. The van der Waals surface area contributed by atoms with Crippen molar-refractivity contribution < 1.29 is 0 Å². The molecule has 0 aromatic heterocycles. The van der Waals surface area contributed by atoms with Gasteiger partial charge in [-0.3, -0.25) is 0 Å². The zero-order valence-electron chi connectivity index (χ0n) is 13.2. The fraction of sp³-hybridized carbons (Fsp3) is 0.667. The highest BCUT2D eigenvalue weighted by atomic mass is 15.1. The maximum atomic E-state index is 3.54. The Labute approximate surface area is 124 Å². The van der Waals surface area contributed by atoms with E-state index in [0.29, 0.717) is 0 Å². The molecule has 0 heterocycles. The number of nitrogens with one attached hydrogen (secondary N) is 1. The van der Waals surface area contributed by atoms with Crippen molar-refractivity contribution in [2.45, 2.75) is 64.5 Å². The molecule has 20 heavy (non-hydrogen) atoms. The van der Waals surface area contributed by atoms with Crippen LogP contribution in [0.1, 0.15) is 57.4 Å². The van der Waals surface area contributed by atoms with E-state index in [9.17, 15) is 0 Å². The Morgan fingerprint density at radius 2 is 1.80 bits per heavy atom. The number of benzene rings is 1. The zero-order valence-corrected chi connectivity index (χ0v) is 13.2. The molecule has 112 valence electrons. The summed E-state index contributed by atoms with van der Waals surface area (Å²) in [5.41, 5.74) is 2.86. The van der Waals surface area contributed by atoms with E-state index < -0.39 is 0 Å². The zero-order chi connectivity index (χ0) is 14.2. The first kappa shape index (κ1) is 15.4. The van der Waals surface area contributed by atoms with Crippen LogP contribution in [0.15, 0.2) is 24.3 Å². The molecule has 0 unspecified atom stereocenters. The highest BCUT2D eigenvalue weighted by molar-refractivity contribution is 5.53. The SMILES string of the molecule is CCCNCc1ccccc1N(C)C1CCCCCC1. The third-order valence-corrected chi connectivity index (χ3v) is 4.49. The van der Waals surface area contributed by atoms with Crippen LogP contribution in [0, 0.1) is 0 Å². The normalized spacial score (nSPS) is 16.9. The number of anilines is 1. The molecular weight excluding hydrogens is 244 g/mol. The molecule has 1 aliphatic rings. The molecular formula is C18H30N2. The van der Waals surface area contributed by atoms with E-state index in [-0.39, 0.29) is 0 Å². The lowest BCUT2D eigenvalue weighted by Crippen LogP contribution is -2.32. The Hall–Kier alpha value is -1.02. The molecule has 1 saturated carbocycles. The Morgan fingerprint density at radius 3 is 2.50 bits per heavy atom. The van der Waals surface area contributed by atoms with Gasteiger partial charge in [0, 0.05) is 25.3 Å². The number of hydrogen-bond donors (Lipinski definition) is 1. The smallest absolute Gasteiger partial charge is 0.0411 e. The lowest BCUT2D eigenvalue weighted by Gasteiger charge is -2.31. The summed E-state index contributed by atoms with van der Waals surface area (Å²) in [6.07, 6.45) is 9.53. The van der Waals surface area contributed by atoms with E-state index in [1.165, 1.54) is 56.2 Å². The van der Waals surface area contributed by atoms with Gasteiger partial charge in [-0.25, -0.2) is 0 Å². The summed E-state index contributed by atoms with van der Waals surface area (Å²) < 4.78 is 0. The van der Waals surface area contributed by atoms with E-state index in [4.69, 9.17) is 0 Å². The second kappa shape index (κ2) is 8.31. The second-order valence-corrected chi connectivity index (χ2v) is 6.06. The van der Waals surface area contributed by atoms with Crippen molar-refractivity contribution in [2.24, 2.45) is 0 Å².